The number of benzene rings is 1. The Morgan fingerprint density at radius 2 is 2.29 bits per heavy atom. The first-order valence-corrected chi connectivity index (χ1v) is 5.99. The lowest BCUT2D eigenvalue weighted by Crippen LogP contribution is -2.40. The lowest BCUT2D eigenvalue weighted by Gasteiger charge is -2.21. The van der Waals surface area contributed by atoms with Crippen molar-refractivity contribution in [2.45, 2.75) is 19.4 Å². The van der Waals surface area contributed by atoms with Crippen molar-refractivity contribution in [3.63, 3.8) is 0 Å². The summed E-state index contributed by atoms with van der Waals surface area (Å²) in [6, 6.07) is 6.51. The first kappa shape index (κ1) is 12.0. The molecule has 2 N–H and O–H groups in total. The largest absolute Gasteiger partial charge is 0.352 e. The SMILES string of the molecule is O=C(NCc1ccccc1F)[C@H]1CCCNC1. The third kappa shape index (κ3) is 3.27. The molecule has 0 spiro atoms. The molecule has 2 rings (SSSR count). The highest BCUT2D eigenvalue weighted by Gasteiger charge is 2.20. The number of nitrogens with one attached hydrogen (secondary N) is 2. The zero-order valence-electron chi connectivity index (χ0n) is 9.71. The molecule has 1 amide bonds. The lowest BCUT2D eigenvalue weighted by atomic mass is 9.99. The van der Waals surface area contributed by atoms with Crippen LogP contribution in [0.2, 0.25) is 0 Å². The van der Waals surface area contributed by atoms with Crippen molar-refractivity contribution in [2.75, 3.05) is 13.1 Å². The van der Waals surface area contributed by atoms with Crippen LogP contribution < -0.4 is 10.6 Å². The van der Waals surface area contributed by atoms with E-state index in [0.29, 0.717) is 5.56 Å². The topological polar surface area (TPSA) is 41.1 Å². The highest BCUT2D eigenvalue weighted by atomic mass is 19.1. The Balaban J connectivity index is 1.85. The van der Waals surface area contributed by atoms with Gasteiger partial charge in [0.05, 0.1) is 5.92 Å². The van der Waals surface area contributed by atoms with E-state index in [-0.39, 0.29) is 24.2 Å². The van der Waals surface area contributed by atoms with Gasteiger partial charge in [-0.3, -0.25) is 4.79 Å². The molecule has 0 bridgehead atoms. The minimum atomic E-state index is -0.269. The van der Waals surface area contributed by atoms with Crippen LogP contribution >= 0.6 is 0 Å². The number of rotatable bonds is 3. The fourth-order valence-electron chi connectivity index (χ4n) is 2.04. The highest BCUT2D eigenvalue weighted by Crippen LogP contribution is 2.11. The van der Waals surface area contributed by atoms with Crippen LogP contribution in [0.1, 0.15) is 18.4 Å². The summed E-state index contributed by atoms with van der Waals surface area (Å²) in [6.07, 6.45) is 1.94. The van der Waals surface area contributed by atoms with Crippen molar-refractivity contribution in [3.8, 4) is 0 Å². The molecule has 0 aromatic heterocycles. The Labute approximate surface area is 100 Å². The van der Waals surface area contributed by atoms with E-state index < -0.39 is 0 Å². The molecule has 4 heteroatoms. The minimum absolute atomic E-state index is 0.0143. The van der Waals surface area contributed by atoms with Gasteiger partial charge in [-0.1, -0.05) is 18.2 Å². The summed E-state index contributed by atoms with van der Waals surface area (Å²) in [5.74, 6) is -0.231. The average Bonchev–Trinajstić information content (AvgIpc) is 2.38. The Hall–Kier alpha value is -1.42. The van der Waals surface area contributed by atoms with Gasteiger partial charge in [0.1, 0.15) is 5.82 Å². The predicted molar refractivity (Wildman–Crippen MR) is 63.8 cm³/mol. The molecule has 1 aliphatic rings. The molecule has 1 saturated heterocycles. The van der Waals surface area contributed by atoms with E-state index >= 15 is 0 Å². The standard InChI is InChI=1S/C13H17FN2O/c14-12-6-2-1-4-10(12)9-16-13(17)11-5-3-7-15-8-11/h1-2,4,6,11,15H,3,5,7-9H2,(H,16,17)/t11-/m0/s1. The molecule has 0 saturated carbocycles. The second-order valence-corrected chi connectivity index (χ2v) is 4.35. The Kier molecular flexibility index (Phi) is 4.09. The second kappa shape index (κ2) is 5.77. The zero-order valence-corrected chi connectivity index (χ0v) is 9.71. The van der Waals surface area contributed by atoms with Crippen LogP contribution in [0.25, 0.3) is 0 Å². The summed E-state index contributed by atoms with van der Waals surface area (Å²) in [5.41, 5.74) is 0.532. The molecule has 1 heterocycles. The van der Waals surface area contributed by atoms with Crippen LogP contribution in [0.4, 0.5) is 4.39 Å². The molecule has 1 fully saturated rings. The fourth-order valence-corrected chi connectivity index (χ4v) is 2.04. The van der Waals surface area contributed by atoms with E-state index in [4.69, 9.17) is 0 Å². The third-order valence-electron chi connectivity index (χ3n) is 3.08. The van der Waals surface area contributed by atoms with E-state index in [1.807, 2.05) is 0 Å². The van der Waals surface area contributed by atoms with Gasteiger partial charge in [-0.05, 0) is 25.5 Å². The third-order valence-corrected chi connectivity index (χ3v) is 3.08. The smallest absolute Gasteiger partial charge is 0.224 e. The van der Waals surface area contributed by atoms with Crippen LogP contribution in [0.5, 0.6) is 0 Å². The maximum absolute atomic E-state index is 13.3. The number of amides is 1. The van der Waals surface area contributed by atoms with E-state index in [9.17, 15) is 9.18 Å². The van der Waals surface area contributed by atoms with Gasteiger partial charge in [0.15, 0.2) is 0 Å². The molecule has 1 aromatic carbocycles. The second-order valence-electron chi connectivity index (χ2n) is 4.35. The van der Waals surface area contributed by atoms with Gasteiger partial charge in [-0.25, -0.2) is 4.39 Å². The van der Waals surface area contributed by atoms with Gasteiger partial charge in [0.25, 0.3) is 0 Å². The highest BCUT2D eigenvalue weighted by molar-refractivity contribution is 5.78. The minimum Gasteiger partial charge on any atom is -0.352 e. The van der Waals surface area contributed by atoms with Gasteiger partial charge in [-0.2, -0.15) is 0 Å². The molecule has 1 atom stereocenters. The molecule has 92 valence electrons. The number of carbonyl (C=O) groups excluding carboxylic acids is 1. The average molecular weight is 236 g/mol. The zero-order chi connectivity index (χ0) is 12.1. The summed E-state index contributed by atoms with van der Waals surface area (Å²) >= 11 is 0. The molecule has 1 aliphatic heterocycles. The van der Waals surface area contributed by atoms with E-state index in [1.165, 1.54) is 6.07 Å². The van der Waals surface area contributed by atoms with Gasteiger partial charge in [0, 0.05) is 18.7 Å². The van der Waals surface area contributed by atoms with E-state index in [0.717, 1.165) is 25.9 Å². The van der Waals surface area contributed by atoms with Crippen molar-refractivity contribution in [2.24, 2.45) is 5.92 Å². The Morgan fingerprint density at radius 3 is 3.00 bits per heavy atom. The van der Waals surface area contributed by atoms with Crippen LogP contribution in [0, 0.1) is 11.7 Å². The maximum atomic E-state index is 13.3. The normalized spacial score (nSPS) is 19.9. The molecule has 3 nitrogen and oxygen atoms in total. The number of carbonyl (C=O) groups is 1. The summed E-state index contributed by atoms with van der Waals surface area (Å²) in [5, 5.41) is 5.98. The van der Waals surface area contributed by atoms with E-state index in [1.54, 1.807) is 18.2 Å². The maximum Gasteiger partial charge on any atom is 0.224 e. The van der Waals surface area contributed by atoms with Crippen molar-refractivity contribution < 1.29 is 9.18 Å². The van der Waals surface area contributed by atoms with Crippen molar-refractivity contribution >= 4 is 5.91 Å². The number of hydrogen-bond donors (Lipinski definition) is 2. The van der Waals surface area contributed by atoms with Crippen molar-refractivity contribution in [1.82, 2.24) is 10.6 Å². The first-order chi connectivity index (χ1) is 8.27. The van der Waals surface area contributed by atoms with Crippen molar-refractivity contribution in [1.29, 1.82) is 0 Å². The number of hydrogen-bond acceptors (Lipinski definition) is 2. The number of piperidine rings is 1. The molecule has 0 radical (unpaired) electrons. The molecule has 1 aromatic rings. The summed E-state index contributed by atoms with van der Waals surface area (Å²) in [6.45, 7) is 1.97. The van der Waals surface area contributed by atoms with Gasteiger partial charge >= 0.3 is 0 Å². The Bertz CT molecular complexity index is 389. The van der Waals surface area contributed by atoms with Crippen LogP contribution in [-0.2, 0) is 11.3 Å². The molecule has 0 aliphatic carbocycles. The predicted octanol–water partition coefficient (Wildman–Crippen LogP) is 1.44. The summed E-state index contributed by atoms with van der Waals surface area (Å²) < 4.78 is 13.3. The summed E-state index contributed by atoms with van der Waals surface area (Å²) in [7, 11) is 0. The van der Waals surface area contributed by atoms with Crippen LogP contribution in [-0.4, -0.2) is 19.0 Å². The van der Waals surface area contributed by atoms with E-state index in [2.05, 4.69) is 10.6 Å². The van der Waals surface area contributed by atoms with Crippen LogP contribution in [0.15, 0.2) is 24.3 Å². The Morgan fingerprint density at radius 1 is 1.47 bits per heavy atom. The molecule has 17 heavy (non-hydrogen) atoms. The summed E-state index contributed by atoms with van der Waals surface area (Å²) in [4.78, 5) is 11.8. The molecular weight excluding hydrogens is 219 g/mol. The molecular formula is C13H17FN2O. The molecule has 0 unspecified atom stereocenters. The van der Waals surface area contributed by atoms with Crippen LogP contribution in [0.3, 0.4) is 0 Å². The number of halogens is 1. The van der Waals surface area contributed by atoms with Crippen molar-refractivity contribution in [3.05, 3.63) is 35.6 Å². The van der Waals surface area contributed by atoms with Gasteiger partial charge in [-0.15, -0.1) is 0 Å². The first-order valence-electron chi connectivity index (χ1n) is 5.99. The quantitative estimate of drug-likeness (QED) is 0.834. The lowest BCUT2D eigenvalue weighted by molar-refractivity contribution is -0.125. The fraction of sp³-hybridized carbons (Fsp3) is 0.462. The van der Waals surface area contributed by atoms with Gasteiger partial charge in [0.2, 0.25) is 5.91 Å². The monoisotopic (exact) mass is 236 g/mol. The van der Waals surface area contributed by atoms with Gasteiger partial charge < -0.3 is 10.6 Å².